The summed E-state index contributed by atoms with van der Waals surface area (Å²) in [5.74, 6) is 0.458. The van der Waals surface area contributed by atoms with E-state index in [-0.39, 0.29) is 17.4 Å². The Labute approximate surface area is 157 Å². The molecule has 0 bridgehead atoms. The number of rotatable bonds is 10. The van der Waals surface area contributed by atoms with Crippen LogP contribution < -0.4 is 10.6 Å². The molecule has 1 heterocycles. The summed E-state index contributed by atoms with van der Waals surface area (Å²) < 4.78 is 0. The number of nitrogens with one attached hydrogen (secondary N) is 2. The zero-order valence-corrected chi connectivity index (χ0v) is 15.7. The largest absolute Gasteiger partial charge is 0.508 e. The Bertz CT molecular complexity index is 699. The van der Waals surface area contributed by atoms with E-state index < -0.39 is 0 Å². The van der Waals surface area contributed by atoms with Gasteiger partial charge in [-0.2, -0.15) is 12.6 Å². The first kappa shape index (κ1) is 19.3. The maximum atomic E-state index is 11.0. The molecule has 2 rings (SSSR count). The second kappa shape index (κ2) is 10.1. The predicted octanol–water partition coefficient (Wildman–Crippen LogP) is 4.05. The molecular weight excluding hydrogens is 354 g/mol. The summed E-state index contributed by atoms with van der Waals surface area (Å²) in [4.78, 5) is 15.6. The molecule has 0 unspecified atom stereocenters. The number of hydrogen-bond acceptors (Lipinski definition) is 6. The van der Waals surface area contributed by atoms with Crippen LogP contribution in [0.1, 0.15) is 25.7 Å². The van der Waals surface area contributed by atoms with Gasteiger partial charge in [-0.1, -0.05) is 13.0 Å². The highest BCUT2D eigenvalue weighted by Crippen LogP contribution is 2.27. The average molecular weight is 378 g/mol. The number of thiazole rings is 1. The number of unbranched alkanes of at least 4 members (excludes halogenated alkanes) is 2. The first-order valence-corrected chi connectivity index (χ1v) is 9.67. The lowest BCUT2D eigenvalue weighted by molar-refractivity contribution is -0.118. The molecule has 2 aromatic rings. The van der Waals surface area contributed by atoms with E-state index >= 15 is 0 Å². The first-order valence-electron chi connectivity index (χ1n) is 8.16. The third kappa shape index (κ3) is 6.80. The molecule has 7 heteroatoms. The molecule has 1 aromatic carbocycles. The molecule has 0 aliphatic heterocycles. The van der Waals surface area contributed by atoms with Crippen molar-refractivity contribution in [2.24, 2.45) is 0 Å². The Morgan fingerprint density at radius 3 is 2.72 bits per heavy atom. The molecule has 0 saturated heterocycles. The number of amides is 1. The number of anilines is 1. The summed E-state index contributed by atoms with van der Waals surface area (Å²) in [7, 11) is 0. The Morgan fingerprint density at radius 1 is 1.24 bits per heavy atom. The molecular formula is C18H23N3O2S2. The fourth-order valence-electron chi connectivity index (χ4n) is 2.23. The number of hydrogen-bond donors (Lipinski definition) is 4. The molecule has 0 aliphatic carbocycles. The summed E-state index contributed by atoms with van der Waals surface area (Å²) in [6.07, 6.45) is 3.87. The van der Waals surface area contributed by atoms with Crippen molar-refractivity contribution in [2.75, 3.05) is 17.6 Å². The minimum atomic E-state index is -0.0254. The van der Waals surface area contributed by atoms with Crippen molar-refractivity contribution < 1.29 is 9.90 Å². The third-order valence-corrected chi connectivity index (χ3v) is 4.62. The van der Waals surface area contributed by atoms with Gasteiger partial charge < -0.3 is 15.7 Å². The van der Waals surface area contributed by atoms with Crippen LogP contribution >= 0.6 is 24.0 Å². The number of phenols is 1. The molecule has 0 fully saturated rings. The fourth-order valence-corrected chi connectivity index (χ4v) is 3.11. The van der Waals surface area contributed by atoms with Crippen LogP contribution in [-0.2, 0) is 4.79 Å². The van der Waals surface area contributed by atoms with Gasteiger partial charge in [0.25, 0.3) is 0 Å². The van der Waals surface area contributed by atoms with Gasteiger partial charge in [0, 0.05) is 23.2 Å². The van der Waals surface area contributed by atoms with Crippen molar-refractivity contribution in [3.8, 4) is 17.0 Å². The number of benzene rings is 1. The van der Waals surface area contributed by atoms with E-state index in [1.807, 2.05) is 17.5 Å². The fraction of sp³-hybridized carbons (Fsp3) is 0.333. The number of thiol groups is 1. The summed E-state index contributed by atoms with van der Waals surface area (Å²) >= 11 is 5.44. The van der Waals surface area contributed by atoms with Gasteiger partial charge in [-0.3, -0.25) is 4.79 Å². The summed E-state index contributed by atoms with van der Waals surface area (Å²) in [6.45, 7) is 4.74. The molecule has 134 valence electrons. The maximum absolute atomic E-state index is 11.0. The van der Waals surface area contributed by atoms with Crippen molar-refractivity contribution in [2.45, 2.75) is 25.7 Å². The quantitative estimate of drug-likeness (QED) is 0.372. The van der Waals surface area contributed by atoms with Crippen LogP contribution in [0.2, 0.25) is 0 Å². The van der Waals surface area contributed by atoms with Crippen molar-refractivity contribution in [3.63, 3.8) is 0 Å². The first-order chi connectivity index (χ1) is 12.1. The highest BCUT2D eigenvalue weighted by atomic mass is 32.1. The van der Waals surface area contributed by atoms with Gasteiger partial charge >= 0.3 is 0 Å². The van der Waals surface area contributed by atoms with Gasteiger partial charge in [0.15, 0.2) is 5.13 Å². The number of aromatic hydroxyl groups is 1. The lowest BCUT2D eigenvalue weighted by Gasteiger charge is -2.07. The summed E-state index contributed by atoms with van der Waals surface area (Å²) in [5, 5.41) is 18.2. The number of aromatic nitrogens is 1. The molecule has 0 atom stereocenters. The van der Waals surface area contributed by atoms with Crippen LogP contribution in [0.25, 0.3) is 11.3 Å². The molecule has 0 saturated carbocycles. The second-order valence-electron chi connectivity index (χ2n) is 5.63. The van der Waals surface area contributed by atoms with E-state index in [1.165, 1.54) is 11.3 Å². The molecule has 1 amide bonds. The maximum Gasteiger partial charge on any atom is 0.229 e. The van der Waals surface area contributed by atoms with Crippen molar-refractivity contribution >= 4 is 35.0 Å². The number of nitrogens with zero attached hydrogens (tertiary/aromatic N) is 1. The van der Waals surface area contributed by atoms with Crippen molar-refractivity contribution in [1.82, 2.24) is 10.3 Å². The average Bonchev–Trinajstić information content (AvgIpc) is 3.06. The van der Waals surface area contributed by atoms with Gasteiger partial charge in [0.1, 0.15) is 5.75 Å². The van der Waals surface area contributed by atoms with Gasteiger partial charge in [0.05, 0.1) is 11.4 Å². The normalized spacial score (nSPS) is 10.4. The number of phenolic OH excluding ortho intramolecular Hbond substituents is 1. The van der Waals surface area contributed by atoms with E-state index in [0.29, 0.717) is 6.54 Å². The van der Waals surface area contributed by atoms with Crippen molar-refractivity contribution in [1.29, 1.82) is 0 Å². The monoisotopic (exact) mass is 377 g/mol. The smallest absolute Gasteiger partial charge is 0.229 e. The minimum Gasteiger partial charge on any atom is -0.508 e. The molecule has 25 heavy (non-hydrogen) atoms. The molecule has 0 spiro atoms. The molecule has 5 nitrogen and oxygen atoms in total. The molecule has 3 N–H and O–H groups in total. The minimum absolute atomic E-state index is 0.0254. The Balaban J connectivity index is 1.69. The number of allylic oxidation sites excluding steroid dienone is 1. The Hall–Kier alpha value is -1.99. The van der Waals surface area contributed by atoms with Crippen LogP contribution in [0.15, 0.2) is 41.9 Å². The van der Waals surface area contributed by atoms with Crippen molar-refractivity contribution in [3.05, 3.63) is 41.9 Å². The Morgan fingerprint density at radius 2 is 2.00 bits per heavy atom. The van der Waals surface area contributed by atoms with Crippen LogP contribution in [0.5, 0.6) is 5.75 Å². The van der Waals surface area contributed by atoms with Crippen LogP contribution in [0.3, 0.4) is 0 Å². The van der Waals surface area contributed by atoms with Crippen LogP contribution in [0, 0.1) is 0 Å². The number of carbonyl (C=O) groups excluding carboxylic acids is 1. The lowest BCUT2D eigenvalue weighted by Crippen LogP contribution is -2.25. The topological polar surface area (TPSA) is 74.2 Å². The van der Waals surface area contributed by atoms with E-state index in [9.17, 15) is 9.90 Å². The molecule has 0 radical (unpaired) electrons. The van der Waals surface area contributed by atoms with Gasteiger partial charge in [-0.25, -0.2) is 4.98 Å². The van der Waals surface area contributed by atoms with E-state index in [0.717, 1.165) is 47.8 Å². The van der Waals surface area contributed by atoms with E-state index in [4.69, 9.17) is 0 Å². The zero-order chi connectivity index (χ0) is 18.1. The summed E-state index contributed by atoms with van der Waals surface area (Å²) in [5.41, 5.74) is 2.78. The van der Waals surface area contributed by atoms with Crippen LogP contribution in [-0.4, -0.2) is 28.3 Å². The van der Waals surface area contributed by atoms with Gasteiger partial charge in [0.2, 0.25) is 5.91 Å². The van der Waals surface area contributed by atoms with E-state index in [1.54, 1.807) is 12.1 Å². The SMILES string of the molecule is C=C(CCCCCNC(=O)CS)Nc1nc(-c2ccc(O)cc2)cs1. The predicted molar refractivity (Wildman–Crippen MR) is 107 cm³/mol. The zero-order valence-electron chi connectivity index (χ0n) is 14.0. The summed E-state index contributed by atoms with van der Waals surface area (Å²) in [6, 6.07) is 6.99. The van der Waals surface area contributed by atoms with E-state index in [2.05, 4.69) is 34.8 Å². The lowest BCUT2D eigenvalue weighted by atomic mass is 10.1. The molecule has 0 aliphatic rings. The van der Waals surface area contributed by atoms with Crippen LogP contribution in [0.4, 0.5) is 5.13 Å². The second-order valence-corrected chi connectivity index (χ2v) is 6.81. The third-order valence-electron chi connectivity index (χ3n) is 3.57. The Kier molecular flexibility index (Phi) is 7.81. The highest BCUT2D eigenvalue weighted by Gasteiger charge is 2.05. The molecule has 1 aromatic heterocycles. The van der Waals surface area contributed by atoms with Gasteiger partial charge in [-0.15, -0.1) is 11.3 Å². The van der Waals surface area contributed by atoms with Gasteiger partial charge in [-0.05, 0) is 43.5 Å². The standard InChI is InChI=1S/C18H23N3O2S2/c1-13(5-3-2-4-10-19-17(23)11-24)20-18-21-16(12-25-18)14-6-8-15(22)9-7-14/h6-9,12,22,24H,1-5,10-11H2,(H,19,23)(H,20,21). The number of carbonyl (C=O) groups is 1. The highest BCUT2D eigenvalue weighted by molar-refractivity contribution is 7.81.